The maximum absolute atomic E-state index is 5.89. The SMILES string of the molecule is CCCC(CN)N1CCC(N2CCOCC2)C1. The molecule has 4 heteroatoms. The van der Waals surface area contributed by atoms with Crippen LogP contribution in [0.4, 0.5) is 0 Å². The summed E-state index contributed by atoms with van der Waals surface area (Å²) in [4.78, 5) is 5.20. The number of likely N-dealkylation sites (tertiary alicyclic amines) is 1. The van der Waals surface area contributed by atoms with Crippen LogP contribution >= 0.6 is 0 Å². The van der Waals surface area contributed by atoms with Crippen LogP contribution in [0.5, 0.6) is 0 Å². The molecule has 2 aliphatic rings. The molecule has 0 radical (unpaired) electrons. The van der Waals surface area contributed by atoms with Gasteiger partial charge < -0.3 is 10.5 Å². The Bertz CT molecular complexity index is 208. The van der Waals surface area contributed by atoms with Crippen molar-refractivity contribution in [3.8, 4) is 0 Å². The molecule has 2 aliphatic heterocycles. The van der Waals surface area contributed by atoms with Gasteiger partial charge >= 0.3 is 0 Å². The standard InChI is InChI=1S/C13H27N3O/c1-2-3-12(10-14)16-5-4-13(11-16)15-6-8-17-9-7-15/h12-13H,2-11,14H2,1H3. The maximum Gasteiger partial charge on any atom is 0.0594 e. The van der Waals surface area contributed by atoms with Gasteiger partial charge in [-0.1, -0.05) is 13.3 Å². The van der Waals surface area contributed by atoms with Crippen LogP contribution in [0.2, 0.25) is 0 Å². The van der Waals surface area contributed by atoms with Gasteiger partial charge in [-0.25, -0.2) is 0 Å². The fourth-order valence-electron chi connectivity index (χ4n) is 3.12. The number of ether oxygens (including phenoxy) is 1. The minimum atomic E-state index is 0.603. The van der Waals surface area contributed by atoms with Gasteiger partial charge in [-0.15, -0.1) is 0 Å². The number of hydrogen-bond donors (Lipinski definition) is 1. The van der Waals surface area contributed by atoms with Gasteiger partial charge in [0.1, 0.15) is 0 Å². The highest BCUT2D eigenvalue weighted by Crippen LogP contribution is 2.20. The molecule has 0 aromatic carbocycles. The Morgan fingerprint density at radius 3 is 2.71 bits per heavy atom. The third-order valence-electron chi connectivity index (χ3n) is 4.17. The summed E-state index contributed by atoms with van der Waals surface area (Å²) in [6.45, 7) is 9.53. The normalized spacial score (nSPS) is 29.6. The molecule has 0 aromatic heterocycles. The Kier molecular flexibility index (Phi) is 5.22. The second kappa shape index (κ2) is 6.69. The molecular weight excluding hydrogens is 214 g/mol. The lowest BCUT2D eigenvalue weighted by Crippen LogP contribution is -2.46. The Labute approximate surface area is 105 Å². The summed E-state index contributed by atoms with van der Waals surface area (Å²) in [6, 6.07) is 1.34. The van der Waals surface area contributed by atoms with E-state index in [4.69, 9.17) is 10.5 Å². The smallest absolute Gasteiger partial charge is 0.0594 e. The summed E-state index contributed by atoms with van der Waals surface area (Å²) in [5.41, 5.74) is 5.89. The molecular formula is C13H27N3O. The minimum absolute atomic E-state index is 0.603. The summed E-state index contributed by atoms with van der Waals surface area (Å²) in [5, 5.41) is 0. The van der Waals surface area contributed by atoms with Gasteiger partial charge in [0.15, 0.2) is 0 Å². The van der Waals surface area contributed by atoms with E-state index < -0.39 is 0 Å². The molecule has 0 spiro atoms. The second-order valence-corrected chi connectivity index (χ2v) is 5.26. The van der Waals surface area contributed by atoms with Crippen LogP contribution in [0.25, 0.3) is 0 Å². The van der Waals surface area contributed by atoms with Crippen molar-refractivity contribution >= 4 is 0 Å². The molecule has 4 nitrogen and oxygen atoms in total. The molecule has 2 unspecified atom stereocenters. The minimum Gasteiger partial charge on any atom is -0.379 e. The molecule has 100 valence electrons. The largest absolute Gasteiger partial charge is 0.379 e. The monoisotopic (exact) mass is 241 g/mol. The van der Waals surface area contributed by atoms with E-state index in [-0.39, 0.29) is 0 Å². The van der Waals surface area contributed by atoms with E-state index in [1.54, 1.807) is 0 Å². The summed E-state index contributed by atoms with van der Waals surface area (Å²) < 4.78 is 5.42. The molecule has 2 fully saturated rings. The number of rotatable bonds is 5. The first kappa shape index (κ1) is 13.3. The Hall–Kier alpha value is -0.160. The number of nitrogens with zero attached hydrogens (tertiary/aromatic N) is 2. The molecule has 0 aromatic rings. The van der Waals surface area contributed by atoms with E-state index >= 15 is 0 Å². The van der Waals surface area contributed by atoms with Gasteiger partial charge in [-0.2, -0.15) is 0 Å². The van der Waals surface area contributed by atoms with Crippen molar-refractivity contribution in [3.05, 3.63) is 0 Å². The molecule has 2 heterocycles. The van der Waals surface area contributed by atoms with E-state index in [1.165, 1.54) is 32.4 Å². The first-order valence-corrected chi connectivity index (χ1v) is 7.11. The lowest BCUT2D eigenvalue weighted by molar-refractivity contribution is 0.0176. The van der Waals surface area contributed by atoms with Crippen LogP contribution in [0, 0.1) is 0 Å². The zero-order valence-corrected chi connectivity index (χ0v) is 11.1. The van der Waals surface area contributed by atoms with Crippen LogP contribution in [0.1, 0.15) is 26.2 Å². The van der Waals surface area contributed by atoms with Crippen molar-refractivity contribution in [2.75, 3.05) is 45.9 Å². The molecule has 0 amide bonds. The van der Waals surface area contributed by atoms with E-state index in [0.29, 0.717) is 6.04 Å². The Morgan fingerprint density at radius 2 is 2.06 bits per heavy atom. The van der Waals surface area contributed by atoms with Crippen molar-refractivity contribution in [2.45, 2.75) is 38.3 Å². The average Bonchev–Trinajstić information content (AvgIpc) is 2.86. The van der Waals surface area contributed by atoms with Crippen molar-refractivity contribution in [1.29, 1.82) is 0 Å². The lowest BCUT2D eigenvalue weighted by atomic mass is 10.1. The van der Waals surface area contributed by atoms with E-state index in [2.05, 4.69) is 16.7 Å². The van der Waals surface area contributed by atoms with Gasteiger partial charge in [-0.3, -0.25) is 9.80 Å². The summed E-state index contributed by atoms with van der Waals surface area (Å²) >= 11 is 0. The van der Waals surface area contributed by atoms with Crippen molar-refractivity contribution in [3.63, 3.8) is 0 Å². The molecule has 2 rings (SSSR count). The van der Waals surface area contributed by atoms with Gasteiger partial charge in [0.2, 0.25) is 0 Å². The number of morpholine rings is 1. The van der Waals surface area contributed by atoms with E-state index in [1.807, 2.05) is 0 Å². The zero-order valence-electron chi connectivity index (χ0n) is 11.1. The molecule has 17 heavy (non-hydrogen) atoms. The van der Waals surface area contributed by atoms with Crippen molar-refractivity contribution < 1.29 is 4.74 Å². The average molecular weight is 241 g/mol. The third kappa shape index (κ3) is 3.41. The Morgan fingerprint density at radius 1 is 1.29 bits per heavy atom. The van der Waals surface area contributed by atoms with Crippen LogP contribution in [-0.4, -0.2) is 67.8 Å². The predicted molar refractivity (Wildman–Crippen MR) is 70.1 cm³/mol. The fourth-order valence-corrected chi connectivity index (χ4v) is 3.12. The van der Waals surface area contributed by atoms with Crippen LogP contribution < -0.4 is 5.73 Å². The third-order valence-corrected chi connectivity index (χ3v) is 4.17. The maximum atomic E-state index is 5.89. The van der Waals surface area contributed by atoms with Crippen LogP contribution in [0.15, 0.2) is 0 Å². The summed E-state index contributed by atoms with van der Waals surface area (Å²) in [5.74, 6) is 0. The molecule has 2 atom stereocenters. The molecule has 2 saturated heterocycles. The number of hydrogen-bond acceptors (Lipinski definition) is 4. The molecule has 0 aliphatic carbocycles. The van der Waals surface area contributed by atoms with E-state index in [9.17, 15) is 0 Å². The van der Waals surface area contributed by atoms with Crippen LogP contribution in [0.3, 0.4) is 0 Å². The van der Waals surface area contributed by atoms with Gasteiger partial charge in [0, 0.05) is 44.8 Å². The van der Waals surface area contributed by atoms with Gasteiger partial charge in [0.05, 0.1) is 13.2 Å². The highest BCUT2D eigenvalue weighted by atomic mass is 16.5. The second-order valence-electron chi connectivity index (χ2n) is 5.26. The quantitative estimate of drug-likeness (QED) is 0.762. The predicted octanol–water partition coefficient (Wildman–Crippen LogP) is 0.520. The van der Waals surface area contributed by atoms with Gasteiger partial charge in [0.25, 0.3) is 0 Å². The zero-order chi connectivity index (χ0) is 12.1. The highest BCUT2D eigenvalue weighted by molar-refractivity contribution is 4.88. The van der Waals surface area contributed by atoms with Crippen LogP contribution in [-0.2, 0) is 4.74 Å². The first-order valence-electron chi connectivity index (χ1n) is 7.11. The summed E-state index contributed by atoms with van der Waals surface area (Å²) in [6.07, 6.45) is 3.78. The highest BCUT2D eigenvalue weighted by Gasteiger charge is 2.31. The van der Waals surface area contributed by atoms with Crippen molar-refractivity contribution in [1.82, 2.24) is 9.80 Å². The van der Waals surface area contributed by atoms with Crippen molar-refractivity contribution in [2.24, 2.45) is 5.73 Å². The van der Waals surface area contributed by atoms with Gasteiger partial charge in [-0.05, 0) is 12.8 Å². The Balaban J connectivity index is 1.81. The molecule has 0 bridgehead atoms. The number of nitrogens with two attached hydrogens (primary N) is 1. The molecule has 0 saturated carbocycles. The molecule has 2 N–H and O–H groups in total. The van der Waals surface area contributed by atoms with E-state index in [0.717, 1.165) is 38.9 Å². The lowest BCUT2D eigenvalue weighted by Gasteiger charge is -2.33. The summed E-state index contributed by atoms with van der Waals surface area (Å²) in [7, 11) is 0. The topological polar surface area (TPSA) is 41.7 Å². The fraction of sp³-hybridized carbons (Fsp3) is 1.00. The first-order chi connectivity index (χ1) is 8.35.